The minimum Gasteiger partial charge on any atom is -0.492 e. The van der Waals surface area contributed by atoms with Crippen molar-refractivity contribution >= 4 is 22.6 Å². The third kappa shape index (κ3) is 3.06. The van der Waals surface area contributed by atoms with Crippen LogP contribution in [0.15, 0.2) is 17.1 Å². The smallest absolute Gasteiger partial charge is 0.341 e. The maximum atomic E-state index is 12.7. The average Bonchev–Trinajstić information content (AvgIpc) is 3.52. The van der Waals surface area contributed by atoms with E-state index < -0.39 is 11.4 Å². The lowest BCUT2D eigenvalue weighted by Gasteiger charge is -2.36. The molecule has 0 radical (unpaired) electrons. The predicted molar refractivity (Wildman–Crippen MR) is 104 cm³/mol. The summed E-state index contributed by atoms with van der Waals surface area (Å²) in [7, 11) is 3.59. The van der Waals surface area contributed by atoms with E-state index in [0.717, 1.165) is 50.0 Å². The van der Waals surface area contributed by atoms with E-state index >= 15 is 0 Å². The van der Waals surface area contributed by atoms with Crippen molar-refractivity contribution in [3.8, 4) is 5.75 Å². The van der Waals surface area contributed by atoms with Crippen molar-refractivity contribution in [2.75, 3.05) is 32.1 Å². The van der Waals surface area contributed by atoms with Crippen LogP contribution in [0, 0.1) is 0 Å². The lowest BCUT2D eigenvalue weighted by Crippen LogP contribution is -2.44. The summed E-state index contributed by atoms with van der Waals surface area (Å²) >= 11 is 0. The van der Waals surface area contributed by atoms with Gasteiger partial charge in [0.2, 0.25) is 5.43 Å². The van der Waals surface area contributed by atoms with E-state index in [1.807, 2.05) is 13.1 Å². The van der Waals surface area contributed by atoms with Gasteiger partial charge in [0.05, 0.1) is 23.7 Å². The number of piperidine rings is 1. The first-order valence-electron chi connectivity index (χ1n) is 9.47. The maximum Gasteiger partial charge on any atom is 0.341 e. The zero-order valence-electron chi connectivity index (χ0n) is 15.7. The third-order valence-electron chi connectivity index (χ3n) is 5.73. The fraction of sp³-hybridized carbons (Fsp3) is 0.500. The van der Waals surface area contributed by atoms with Gasteiger partial charge in [0, 0.05) is 25.3 Å². The molecule has 0 bridgehead atoms. The van der Waals surface area contributed by atoms with Gasteiger partial charge < -0.3 is 25.0 Å². The highest BCUT2D eigenvalue weighted by Crippen LogP contribution is 2.50. The highest BCUT2D eigenvalue weighted by atomic mass is 16.5. The molecule has 144 valence electrons. The summed E-state index contributed by atoms with van der Waals surface area (Å²) in [5.74, 6) is -0.177. The van der Waals surface area contributed by atoms with Crippen LogP contribution in [0.2, 0.25) is 0 Å². The minimum atomic E-state index is -1.22. The number of carboxylic acids is 1. The number of methoxy groups -OCH3 is 1. The van der Waals surface area contributed by atoms with Crippen LogP contribution < -0.4 is 20.4 Å². The van der Waals surface area contributed by atoms with E-state index in [9.17, 15) is 14.7 Å². The van der Waals surface area contributed by atoms with Crippen molar-refractivity contribution < 1.29 is 14.6 Å². The van der Waals surface area contributed by atoms with Gasteiger partial charge >= 0.3 is 5.97 Å². The number of nitrogens with one attached hydrogen (secondary N) is 2. The van der Waals surface area contributed by atoms with E-state index in [1.165, 1.54) is 6.20 Å². The first kappa shape index (κ1) is 17.9. The van der Waals surface area contributed by atoms with Gasteiger partial charge in [-0.3, -0.25) is 4.79 Å². The van der Waals surface area contributed by atoms with Gasteiger partial charge in [-0.15, -0.1) is 0 Å². The quantitative estimate of drug-likeness (QED) is 0.747. The number of anilines is 1. The number of rotatable bonds is 5. The van der Waals surface area contributed by atoms with Crippen LogP contribution >= 0.6 is 0 Å². The zero-order valence-corrected chi connectivity index (χ0v) is 15.7. The van der Waals surface area contributed by atoms with Crippen LogP contribution in [-0.4, -0.2) is 49.3 Å². The summed E-state index contributed by atoms with van der Waals surface area (Å²) in [5, 5.41) is 13.0. The molecule has 1 saturated carbocycles. The van der Waals surface area contributed by atoms with Crippen LogP contribution in [0.3, 0.4) is 0 Å². The van der Waals surface area contributed by atoms with Crippen molar-refractivity contribution in [2.45, 2.75) is 37.6 Å². The Morgan fingerprint density at radius 2 is 2.15 bits per heavy atom. The Morgan fingerprint density at radius 3 is 2.78 bits per heavy atom. The molecular weight excluding hydrogens is 346 g/mol. The van der Waals surface area contributed by atoms with Gasteiger partial charge in [-0.1, -0.05) is 0 Å². The topological polar surface area (TPSA) is 94.7 Å². The monoisotopic (exact) mass is 371 g/mol. The summed E-state index contributed by atoms with van der Waals surface area (Å²) in [6.45, 7) is 1.83. The van der Waals surface area contributed by atoms with Crippen LogP contribution in [-0.2, 0) is 0 Å². The molecule has 1 saturated heterocycles. The first-order chi connectivity index (χ1) is 13.0. The van der Waals surface area contributed by atoms with Crippen LogP contribution in [0.5, 0.6) is 5.75 Å². The standard InChI is InChI=1S/C20H25N3O4/c1-21-12-4-3-7-23(10-12)17-13(11-5-6-11)8-14-16(19(17)27-2)22-9-15(18(14)24)20(25)26/h8-9,11-12,21H,3-7,10H2,1-2H3,(H,22,24)(H,25,26). The summed E-state index contributed by atoms with van der Waals surface area (Å²) in [5.41, 5.74) is 2.01. The number of aromatic amines is 1. The highest BCUT2D eigenvalue weighted by molar-refractivity contribution is 5.97. The molecule has 27 heavy (non-hydrogen) atoms. The number of benzene rings is 1. The number of carbonyl (C=O) groups is 1. The molecule has 1 aromatic heterocycles. The molecule has 2 aromatic rings. The first-order valence-corrected chi connectivity index (χ1v) is 9.47. The molecule has 3 N–H and O–H groups in total. The number of hydrogen-bond donors (Lipinski definition) is 3. The Kier molecular flexibility index (Phi) is 4.55. The number of nitrogens with zero attached hydrogens (tertiary/aromatic N) is 1. The fourth-order valence-electron chi connectivity index (χ4n) is 4.15. The minimum absolute atomic E-state index is 0.243. The van der Waals surface area contributed by atoms with E-state index in [4.69, 9.17) is 4.74 Å². The molecule has 1 unspecified atom stereocenters. The van der Waals surface area contributed by atoms with E-state index in [1.54, 1.807) is 7.11 Å². The third-order valence-corrected chi connectivity index (χ3v) is 5.73. The molecule has 7 nitrogen and oxygen atoms in total. The number of H-pyrrole nitrogens is 1. The number of aromatic nitrogens is 1. The lowest BCUT2D eigenvalue weighted by atomic mass is 9.98. The van der Waals surface area contributed by atoms with Crippen molar-refractivity contribution in [1.82, 2.24) is 10.3 Å². The van der Waals surface area contributed by atoms with Gasteiger partial charge in [0.25, 0.3) is 0 Å². The van der Waals surface area contributed by atoms with Crippen LogP contribution in [0.4, 0.5) is 5.69 Å². The molecule has 0 spiro atoms. The van der Waals surface area contributed by atoms with Crippen LogP contribution in [0.25, 0.3) is 10.9 Å². The van der Waals surface area contributed by atoms with E-state index in [-0.39, 0.29) is 5.56 Å². The number of pyridine rings is 1. The van der Waals surface area contributed by atoms with Gasteiger partial charge in [-0.25, -0.2) is 4.79 Å². The summed E-state index contributed by atoms with van der Waals surface area (Å²) in [4.78, 5) is 29.5. The molecule has 4 rings (SSSR count). The Labute approximate surface area is 157 Å². The predicted octanol–water partition coefficient (Wildman–Crippen LogP) is 2.30. The molecule has 0 amide bonds. The molecule has 1 atom stereocenters. The number of likely N-dealkylation sites (N-methyl/N-ethyl adjacent to an activating group) is 1. The molecule has 2 heterocycles. The normalized spacial score (nSPS) is 20.1. The summed E-state index contributed by atoms with van der Waals surface area (Å²) in [6, 6.07) is 2.30. The number of ether oxygens (including phenoxy) is 1. The summed E-state index contributed by atoms with van der Waals surface area (Å²) in [6.07, 6.45) is 5.66. The average molecular weight is 371 g/mol. The maximum absolute atomic E-state index is 12.7. The molecule has 2 aliphatic rings. The fourth-order valence-corrected chi connectivity index (χ4v) is 4.15. The Bertz CT molecular complexity index is 948. The number of fused-ring (bicyclic) bond motifs is 1. The zero-order chi connectivity index (χ0) is 19.1. The molecular formula is C20H25N3O4. The van der Waals surface area contributed by atoms with Crippen LogP contribution in [0.1, 0.15) is 47.5 Å². The van der Waals surface area contributed by atoms with Gasteiger partial charge in [0.15, 0.2) is 5.75 Å². The number of carboxylic acid groups (broad SMARTS) is 1. The Hall–Kier alpha value is -2.54. The molecule has 2 fully saturated rings. The second kappa shape index (κ2) is 6.88. The number of hydrogen-bond acceptors (Lipinski definition) is 5. The van der Waals surface area contributed by atoms with E-state index in [0.29, 0.717) is 28.6 Å². The number of aromatic carboxylic acids is 1. The second-order valence-corrected chi connectivity index (χ2v) is 7.45. The SMILES string of the molecule is CNC1CCCN(c2c(C3CC3)cc3c(=O)c(C(=O)O)c[nH]c3c2OC)C1. The molecule has 1 aliphatic heterocycles. The van der Waals surface area contributed by atoms with Gasteiger partial charge in [-0.2, -0.15) is 0 Å². The summed E-state index contributed by atoms with van der Waals surface area (Å²) < 4.78 is 5.78. The van der Waals surface area contributed by atoms with Gasteiger partial charge in [-0.05, 0) is 50.3 Å². The second-order valence-electron chi connectivity index (χ2n) is 7.45. The lowest BCUT2D eigenvalue weighted by molar-refractivity contribution is 0.0695. The Balaban J connectivity index is 1.95. The Morgan fingerprint density at radius 1 is 1.37 bits per heavy atom. The van der Waals surface area contributed by atoms with Gasteiger partial charge in [0.1, 0.15) is 5.56 Å². The molecule has 1 aliphatic carbocycles. The molecule has 1 aromatic carbocycles. The van der Waals surface area contributed by atoms with Crippen molar-refractivity contribution in [1.29, 1.82) is 0 Å². The van der Waals surface area contributed by atoms with Crippen molar-refractivity contribution in [3.05, 3.63) is 33.6 Å². The largest absolute Gasteiger partial charge is 0.492 e. The van der Waals surface area contributed by atoms with E-state index in [2.05, 4.69) is 15.2 Å². The molecule has 7 heteroatoms. The highest BCUT2D eigenvalue weighted by Gasteiger charge is 2.33. The van der Waals surface area contributed by atoms with Crippen molar-refractivity contribution in [2.24, 2.45) is 0 Å². The van der Waals surface area contributed by atoms with Crippen molar-refractivity contribution in [3.63, 3.8) is 0 Å².